The SMILES string of the molecule is CC(C)(C#N)c1cccc(F)c1.Cl. The number of hydrogen-bond acceptors (Lipinski definition) is 1. The fraction of sp³-hybridized carbons (Fsp3) is 0.300. The Morgan fingerprint density at radius 1 is 1.38 bits per heavy atom. The van der Waals surface area contributed by atoms with Crippen molar-refractivity contribution in [3.05, 3.63) is 35.6 Å². The predicted octanol–water partition coefficient (Wildman–Crippen LogP) is 3.05. The molecular weight excluding hydrogens is 189 g/mol. The summed E-state index contributed by atoms with van der Waals surface area (Å²) in [5.74, 6) is -0.296. The van der Waals surface area contributed by atoms with Crippen LogP contribution >= 0.6 is 12.4 Å². The van der Waals surface area contributed by atoms with Crippen molar-refractivity contribution in [2.75, 3.05) is 0 Å². The van der Waals surface area contributed by atoms with Gasteiger partial charge in [0.15, 0.2) is 0 Å². The minimum atomic E-state index is -0.609. The highest BCUT2D eigenvalue weighted by molar-refractivity contribution is 5.85. The number of benzene rings is 1. The molecule has 70 valence electrons. The van der Waals surface area contributed by atoms with Crippen LogP contribution in [0.15, 0.2) is 24.3 Å². The molecular formula is C10H11ClFN. The fourth-order valence-corrected chi connectivity index (χ4v) is 0.942. The lowest BCUT2D eigenvalue weighted by molar-refractivity contribution is 0.613. The number of nitriles is 1. The Labute approximate surface area is 83.6 Å². The van der Waals surface area contributed by atoms with Gasteiger partial charge in [0.05, 0.1) is 11.5 Å². The van der Waals surface area contributed by atoms with E-state index in [0.717, 1.165) is 0 Å². The maximum absolute atomic E-state index is 12.7. The van der Waals surface area contributed by atoms with Crippen molar-refractivity contribution in [2.45, 2.75) is 19.3 Å². The van der Waals surface area contributed by atoms with Crippen LogP contribution in [0.5, 0.6) is 0 Å². The highest BCUT2D eigenvalue weighted by Gasteiger charge is 2.19. The quantitative estimate of drug-likeness (QED) is 0.682. The Balaban J connectivity index is 0.00000144. The third kappa shape index (κ3) is 2.71. The average molecular weight is 200 g/mol. The van der Waals surface area contributed by atoms with E-state index in [4.69, 9.17) is 5.26 Å². The van der Waals surface area contributed by atoms with Crippen molar-refractivity contribution in [1.29, 1.82) is 5.26 Å². The first-order chi connectivity index (χ1) is 5.56. The molecule has 1 nitrogen and oxygen atoms in total. The minimum Gasteiger partial charge on any atom is -0.207 e. The van der Waals surface area contributed by atoms with Crippen LogP contribution in [0.3, 0.4) is 0 Å². The molecule has 0 radical (unpaired) electrons. The van der Waals surface area contributed by atoms with Crippen LogP contribution in [0.1, 0.15) is 19.4 Å². The van der Waals surface area contributed by atoms with E-state index in [9.17, 15) is 4.39 Å². The summed E-state index contributed by atoms with van der Waals surface area (Å²) < 4.78 is 12.7. The second-order valence-corrected chi connectivity index (χ2v) is 3.25. The Kier molecular flexibility index (Phi) is 3.90. The third-order valence-electron chi connectivity index (χ3n) is 1.83. The Morgan fingerprint density at radius 3 is 2.46 bits per heavy atom. The van der Waals surface area contributed by atoms with E-state index in [0.29, 0.717) is 5.56 Å². The van der Waals surface area contributed by atoms with E-state index in [-0.39, 0.29) is 18.2 Å². The first-order valence-corrected chi connectivity index (χ1v) is 3.73. The first kappa shape index (κ1) is 11.9. The largest absolute Gasteiger partial charge is 0.207 e. The van der Waals surface area contributed by atoms with Crippen LogP contribution in [-0.2, 0) is 5.41 Å². The Bertz CT molecular complexity index is 328. The molecule has 1 aromatic carbocycles. The topological polar surface area (TPSA) is 23.8 Å². The second-order valence-electron chi connectivity index (χ2n) is 3.25. The van der Waals surface area contributed by atoms with Crippen LogP contribution in [-0.4, -0.2) is 0 Å². The number of hydrogen-bond donors (Lipinski definition) is 0. The standard InChI is InChI=1S/C10H10FN.ClH/c1-10(2,7-12)8-4-3-5-9(11)6-8;/h3-6H,1-2H3;1H. The van der Waals surface area contributed by atoms with Crippen LogP contribution in [0.25, 0.3) is 0 Å². The molecule has 1 aromatic rings. The molecule has 0 aliphatic rings. The third-order valence-corrected chi connectivity index (χ3v) is 1.83. The smallest absolute Gasteiger partial charge is 0.123 e. The van der Waals surface area contributed by atoms with Gasteiger partial charge in [0.25, 0.3) is 0 Å². The zero-order valence-corrected chi connectivity index (χ0v) is 8.36. The molecule has 1 rings (SSSR count). The molecule has 0 aliphatic carbocycles. The number of nitrogens with zero attached hydrogens (tertiary/aromatic N) is 1. The Hall–Kier alpha value is -1.07. The van der Waals surface area contributed by atoms with Gasteiger partial charge in [-0.05, 0) is 31.5 Å². The normalized spacial score (nSPS) is 10.0. The molecule has 0 aromatic heterocycles. The van der Waals surface area contributed by atoms with Crippen molar-refractivity contribution in [3.63, 3.8) is 0 Å². The summed E-state index contributed by atoms with van der Waals surface area (Å²) in [6, 6.07) is 8.25. The first-order valence-electron chi connectivity index (χ1n) is 3.73. The second kappa shape index (κ2) is 4.25. The van der Waals surface area contributed by atoms with E-state index in [1.54, 1.807) is 26.0 Å². The molecule has 0 bridgehead atoms. The lowest BCUT2D eigenvalue weighted by Crippen LogP contribution is -2.13. The van der Waals surface area contributed by atoms with Crippen molar-refractivity contribution in [1.82, 2.24) is 0 Å². The summed E-state index contributed by atoms with van der Waals surface area (Å²) in [7, 11) is 0. The van der Waals surface area contributed by atoms with Crippen molar-refractivity contribution < 1.29 is 4.39 Å². The summed E-state index contributed by atoms with van der Waals surface area (Å²) in [5, 5.41) is 8.77. The maximum Gasteiger partial charge on any atom is 0.123 e. The van der Waals surface area contributed by atoms with Crippen LogP contribution in [0.4, 0.5) is 4.39 Å². The van der Waals surface area contributed by atoms with Gasteiger partial charge >= 0.3 is 0 Å². The van der Waals surface area contributed by atoms with E-state index < -0.39 is 5.41 Å². The molecule has 13 heavy (non-hydrogen) atoms. The number of halogens is 2. The monoisotopic (exact) mass is 199 g/mol. The highest BCUT2D eigenvalue weighted by atomic mass is 35.5. The van der Waals surface area contributed by atoms with Crippen LogP contribution < -0.4 is 0 Å². The molecule has 0 fully saturated rings. The van der Waals surface area contributed by atoms with Gasteiger partial charge < -0.3 is 0 Å². The van der Waals surface area contributed by atoms with Crippen molar-refractivity contribution in [3.8, 4) is 6.07 Å². The molecule has 0 atom stereocenters. The fourth-order valence-electron chi connectivity index (χ4n) is 0.942. The summed E-state index contributed by atoms with van der Waals surface area (Å²) in [6.07, 6.45) is 0. The van der Waals surface area contributed by atoms with Crippen molar-refractivity contribution >= 4 is 12.4 Å². The zero-order valence-electron chi connectivity index (χ0n) is 7.54. The van der Waals surface area contributed by atoms with Gasteiger partial charge in [-0.1, -0.05) is 12.1 Å². The van der Waals surface area contributed by atoms with E-state index in [1.807, 2.05) is 0 Å². The average Bonchev–Trinajstić information content (AvgIpc) is 2.05. The molecule has 0 N–H and O–H groups in total. The highest BCUT2D eigenvalue weighted by Crippen LogP contribution is 2.22. The summed E-state index contributed by atoms with van der Waals surface area (Å²) in [5.41, 5.74) is 0.104. The van der Waals surface area contributed by atoms with E-state index in [1.165, 1.54) is 12.1 Å². The van der Waals surface area contributed by atoms with Gasteiger partial charge in [0, 0.05) is 0 Å². The molecule has 0 saturated heterocycles. The molecule has 0 aliphatic heterocycles. The van der Waals surface area contributed by atoms with E-state index >= 15 is 0 Å². The van der Waals surface area contributed by atoms with E-state index in [2.05, 4.69) is 6.07 Å². The lowest BCUT2D eigenvalue weighted by Gasteiger charge is -2.14. The molecule has 0 unspecified atom stereocenters. The summed E-state index contributed by atoms with van der Waals surface area (Å²) in [6.45, 7) is 3.53. The summed E-state index contributed by atoms with van der Waals surface area (Å²) in [4.78, 5) is 0. The van der Waals surface area contributed by atoms with Gasteiger partial charge in [-0.3, -0.25) is 0 Å². The summed E-state index contributed by atoms with van der Waals surface area (Å²) >= 11 is 0. The van der Waals surface area contributed by atoms with Gasteiger partial charge in [-0.15, -0.1) is 12.4 Å². The Morgan fingerprint density at radius 2 is 2.00 bits per heavy atom. The molecule has 0 amide bonds. The van der Waals surface area contributed by atoms with Gasteiger partial charge in [-0.25, -0.2) is 4.39 Å². The number of rotatable bonds is 1. The van der Waals surface area contributed by atoms with Gasteiger partial charge in [0.2, 0.25) is 0 Å². The van der Waals surface area contributed by atoms with Gasteiger partial charge in [-0.2, -0.15) is 5.26 Å². The molecule has 3 heteroatoms. The minimum absolute atomic E-state index is 0. The maximum atomic E-state index is 12.7. The lowest BCUT2D eigenvalue weighted by atomic mass is 9.86. The van der Waals surface area contributed by atoms with Gasteiger partial charge in [0.1, 0.15) is 5.82 Å². The van der Waals surface area contributed by atoms with Crippen molar-refractivity contribution in [2.24, 2.45) is 0 Å². The molecule has 0 spiro atoms. The van der Waals surface area contributed by atoms with Crippen LogP contribution in [0.2, 0.25) is 0 Å². The molecule has 0 heterocycles. The van der Waals surface area contributed by atoms with Crippen LogP contribution in [0, 0.1) is 17.1 Å². The zero-order chi connectivity index (χ0) is 9.19. The molecule has 0 saturated carbocycles. The predicted molar refractivity (Wildman–Crippen MR) is 52.3 cm³/mol.